The number of aromatic nitrogens is 3. The summed E-state index contributed by atoms with van der Waals surface area (Å²) in [5, 5.41) is 18.3. The fourth-order valence-corrected chi connectivity index (χ4v) is 4.37. The fourth-order valence-electron chi connectivity index (χ4n) is 4.37. The van der Waals surface area contributed by atoms with E-state index in [2.05, 4.69) is 22.3 Å². The van der Waals surface area contributed by atoms with Gasteiger partial charge < -0.3 is 5.11 Å². The molecule has 2 aliphatic rings. The molecule has 5 nitrogen and oxygen atoms in total. The van der Waals surface area contributed by atoms with E-state index >= 15 is 0 Å². The summed E-state index contributed by atoms with van der Waals surface area (Å²) < 4.78 is 1.84. The summed E-state index contributed by atoms with van der Waals surface area (Å²) in [5.74, 6) is 1.44. The Labute approximate surface area is 136 Å². The maximum atomic E-state index is 9.77. The van der Waals surface area contributed by atoms with Crippen molar-refractivity contribution in [3.8, 4) is 5.69 Å². The molecule has 4 rings (SSSR count). The Morgan fingerprint density at radius 3 is 2.52 bits per heavy atom. The molecule has 1 aromatic carbocycles. The van der Waals surface area contributed by atoms with Crippen LogP contribution in [-0.4, -0.2) is 44.2 Å². The molecule has 0 radical (unpaired) electrons. The molecule has 2 aromatic rings. The largest absolute Gasteiger partial charge is 0.393 e. The van der Waals surface area contributed by atoms with Gasteiger partial charge in [-0.05, 0) is 56.7 Å². The molecule has 0 aliphatic heterocycles. The number of benzene rings is 1. The van der Waals surface area contributed by atoms with Crippen molar-refractivity contribution >= 4 is 0 Å². The van der Waals surface area contributed by atoms with E-state index in [0.717, 1.165) is 42.6 Å². The standard InChI is InChI=1S/C18H24N4O/c1-21(17-7-13-9-18(23)10-14(13)8-17)11-15-12-22(20-19-15)16-5-3-2-4-6-16/h2-6,12-14,17-18,23H,7-11H2,1H3/t13-,14+,17?,18?. The summed E-state index contributed by atoms with van der Waals surface area (Å²) in [7, 11) is 2.18. The van der Waals surface area contributed by atoms with Gasteiger partial charge >= 0.3 is 0 Å². The molecule has 0 saturated heterocycles. The maximum absolute atomic E-state index is 9.77. The smallest absolute Gasteiger partial charge is 0.0971 e. The topological polar surface area (TPSA) is 54.2 Å². The van der Waals surface area contributed by atoms with Gasteiger partial charge in [-0.2, -0.15) is 0 Å². The number of aliphatic hydroxyl groups is 1. The molecule has 2 unspecified atom stereocenters. The third-order valence-corrected chi connectivity index (χ3v) is 5.56. The van der Waals surface area contributed by atoms with Gasteiger partial charge in [0.05, 0.1) is 23.7 Å². The predicted molar refractivity (Wildman–Crippen MR) is 88.1 cm³/mol. The number of para-hydroxylation sites is 1. The highest BCUT2D eigenvalue weighted by Gasteiger charge is 2.42. The minimum atomic E-state index is -0.0537. The Hall–Kier alpha value is -1.72. The zero-order chi connectivity index (χ0) is 15.8. The predicted octanol–water partition coefficient (Wildman–Crippen LogP) is 2.25. The number of rotatable bonds is 4. The van der Waals surface area contributed by atoms with Crippen molar-refractivity contribution in [3.05, 3.63) is 42.2 Å². The molecule has 1 aromatic heterocycles. The van der Waals surface area contributed by atoms with Crippen molar-refractivity contribution in [2.24, 2.45) is 11.8 Å². The van der Waals surface area contributed by atoms with Crippen LogP contribution in [0.25, 0.3) is 5.69 Å². The van der Waals surface area contributed by atoms with Crippen LogP contribution in [0.2, 0.25) is 0 Å². The Kier molecular flexibility index (Phi) is 3.91. The van der Waals surface area contributed by atoms with Crippen LogP contribution in [0.4, 0.5) is 0 Å². The van der Waals surface area contributed by atoms with E-state index in [-0.39, 0.29) is 6.10 Å². The van der Waals surface area contributed by atoms with Crippen LogP contribution in [-0.2, 0) is 6.54 Å². The summed E-state index contributed by atoms with van der Waals surface area (Å²) in [5.41, 5.74) is 2.05. The van der Waals surface area contributed by atoms with Crippen molar-refractivity contribution in [2.75, 3.05) is 7.05 Å². The van der Waals surface area contributed by atoms with E-state index in [0.29, 0.717) is 6.04 Å². The molecular formula is C18H24N4O. The van der Waals surface area contributed by atoms with E-state index in [1.165, 1.54) is 12.8 Å². The highest BCUT2D eigenvalue weighted by molar-refractivity contribution is 5.29. The lowest BCUT2D eigenvalue weighted by Crippen LogP contribution is -2.30. The van der Waals surface area contributed by atoms with E-state index in [9.17, 15) is 5.11 Å². The lowest BCUT2D eigenvalue weighted by Gasteiger charge is -2.24. The van der Waals surface area contributed by atoms with Gasteiger partial charge in [-0.15, -0.1) is 5.10 Å². The van der Waals surface area contributed by atoms with E-state index in [1.807, 2.05) is 41.2 Å². The zero-order valence-corrected chi connectivity index (χ0v) is 13.5. The summed E-state index contributed by atoms with van der Waals surface area (Å²) in [4.78, 5) is 2.41. The Balaban J connectivity index is 1.38. The lowest BCUT2D eigenvalue weighted by atomic mass is 10.0. The number of nitrogens with zero attached hydrogens (tertiary/aromatic N) is 4. The summed E-state index contributed by atoms with van der Waals surface area (Å²) in [6, 6.07) is 10.7. The monoisotopic (exact) mass is 312 g/mol. The molecule has 0 bridgehead atoms. The zero-order valence-electron chi connectivity index (χ0n) is 13.5. The van der Waals surface area contributed by atoms with Gasteiger partial charge in [0.15, 0.2) is 0 Å². The van der Waals surface area contributed by atoms with Crippen LogP contribution in [0, 0.1) is 11.8 Å². The quantitative estimate of drug-likeness (QED) is 0.941. The second-order valence-electron chi connectivity index (χ2n) is 7.18. The van der Waals surface area contributed by atoms with Gasteiger partial charge in [0.1, 0.15) is 0 Å². The van der Waals surface area contributed by atoms with Gasteiger partial charge in [-0.25, -0.2) is 4.68 Å². The van der Waals surface area contributed by atoms with Crippen molar-refractivity contribution in [1.29, 1.82) is 0 Å². The molecule has 2 saturated carbocycles. The number of hydrogen-bond acceptors (Lipinski definition) is 4. The number of aliphatic hydroxyl groups excluding tert-OH is 1. The molecule has 23 heavy (non-hydrogen) atoms. The summed E-state index contributed by atoms with van der Waals surface area (Å²) in [6.07, 6.45) is 6.39. The highest BCUT2D eigenvalue weighted by Crippen LogP contribution is 2.45. The number of fused-ring (bicyclic) bond motifs is 1. The maximum Gasteiger partial charge on any atom is 0.0971 e. The molecule has 4 atom stereocenters. The molecular weight excluding hydrogens is 288 g/mol. The van der Waals surface area contributed by atoms with Crippen LogP contribution < -0.4 is 0 Å². The Bertz CT molecular complexity index is 642. The first-order valence-electron chi connectivity index (χ1n) is 8.54. The minimum Gasteiger partial charge on any atom is -0.393 e. The fraction of sp³-hybridized carbons (Fsp3) is 0.556. The van der Waals surface area contributed by atoms with Crippen molar-refractivity contribution in [2.45, 2.75) is 44.4 Å². The molecule has 1 heterocycles. The first kappa shape index (κ1) is 14.8. The van der Waals surface area contributed by atoms with Crippen LogP contribution in [0.3, 0.4) is 0 Å². The Morgan fingerprint density at radius 2 is 1.83 bits per heavy atom. The van der Waals surface area contributed by atoms with Crippen molar-refractivity contribution in [1.82, 2.24) is 19.9 Å². The number of hydrogen-bond donors (Lipinski definition) is 1. The van der Waals surface area contributed by atoms with E-state index in [1.54, 1.807) is 0 Å². The molecule has 5 heteroatoms. The van der Waals surface area contributed by atoms with Gasteiger partial charge in [-0.3, -0.25) is 4.90 Å². The molecule has 2 aliphatic carbocycles. The molecule has 122 valence electrons. The van der Waals surface area contributed by atoms with Crippen molar-refractivity contribution in [3.63, 3.8) is 0 Å². The molecule has 2 fully saturated rings. The van der Waals surface area contributed by atoms with Crippen LogP contribution in [0.5, 0.6) is 0 Å². The van der Waals surface area contributed by atoms with E-state index < -0.39 is 0 Å². The second-order valence-corrected chi connectivity index (χ2v) is 7.18. The second kappa shape index (κ2) is 6.06. The molecule has 0 amide bonds. The Morgan fingerprint density at radius 1 is 1.13 bits per heavy atom. The van der Waals surface area contributed by atoms with Crippen LogP contribution in [0.1, 0.15) is 31.4 Å². The third kappa shape index (κ3) is 3.03. The molecule has 1 N–H and O–H groups in total. The summed E-state index contributed by atoms with van der Waals surface area (Å²) >= 11 is 0. The lowest BCUT2D eigenvalue weighted by molar-refractivity contribution is 0.157. The third-order valence-electron chi connectivity index (χ3n) is 5.56. The summed E-state index contributed by atoms with van der Waals surface area (Å²) in [6.45, 7) is 0.833. The van der Waals surface area contributed by atoms with Gasteiger partial charge in [0.25, 0.3) is 0 Å². The van der Waals surface area contributed by atoms with Gasteiger partial charge in [0, 0.05) is 12.6 Å². The first-order chi connectivity index (χ1) is 11.2. The highest BCUT2D eigenvalue weighted by atomic mass is 16.3. The van der Waals surface area contributed by atoms with Crippen molar-refractivity contribution < 1.29 is 5.11 Å². The first-order valence-corrected chi connectivity index (χ1v) is 8.54. The van der Waals surface area contributed by atoms with Crippen LogP contribution >= 0.6 is 0 Å². The van der Waals surface area contributed by atoms with E-state index in [4.69, 9.17) is 0 Å². The van der Waals surface area contributed by atoms with Crippen LogP contribution in [0.15, 0.2) is 36.5 Å². The normalized spacial score (nSPS) is 30.0. The molecule has 0 spiro atoms. The minimum absolute atomic E-state index is 0.0537. The van der Waals surface area contributed by atoms with Gasteiger partial charge in [0.2, 0.25) is 0 Å². The average Bonchev–Trinajstić information content (AvgIpc) is 3.22. The van der Waals surface area contributed by atoms with Gasteiger partial charge in [-0.1, -0.05) is 23.4 Å². The average molecular weight is 312 g/mol. The SMILES string of the molecule is CN(Cc1cn(-c2ccccc2)nn1)C1C[C@H]2CC(O)C[C@H]2C1.